The molecular weight excluding hydrogens is 961 g/mol. The Kier molecular flexibility index (Phi) is 18.1. The predicted molar refractivity (Wildman–Crippen MR) is 276 cm³/mol. The number of phenols is 2. The number of likely N-dealkylation sites (tertiary alicyclic amines) is 1. The van der Waals surface area contributed by atoms with Crippen molar-refractivity contribution in [1.82, 2.24) is 25.9 Å². The lowest BCUT2D eigenvalue weighted by Gasteiger charge is -2.35. The highest BCUT2D eigenvalue weighted by Crippen LogP contribution is 2.40. The first-order chi connectivity index (χ1) is 34.5. The lowest BCUT2D eigenvalue weighted by molar-refractivity contribution is -0.144. The van der Waals surface area contributed by atoms with Crippen molar-refractivity contribution in [2.45, 2.75) is 65.3 Å². The van der Waals surface area contributed by atoms with Gasteiger partial charge in [-0.3, -0.25) is 19.2 Å². The van der Waals surface area contributed by atoms with Gasteiger partial charge in [0.15, 0.2) is 0 Å². The molecule has 0 radical (unpaired) electrons. The van der Waals surface area contributed by atoms with Crippen molar-refractivity contribution in [2.24, 2.45) is 10.5 Å². The van der Waals surface area contributed by atoms with Crippen LogP contribution in [0.5, 0.6) is 17.2 Å². The summed E-state index contributed by atoms with van der Waals surface area (Å²) in [4.78, 5) is 61.5. The second kappa shape index (κ2) is 24.6. The third-order valence-electron chi connectivity index (χ3n) is 11.8. The van der Waals surface area contributed by atoms with Crippen LogP contribution in [0.2, 0.25) is 0 Å². The van der Waals surface area contributed by atoms with Gasteiger partial charge in [0.2, 0.25) is 17.7 Å². The molecule has 0 saturated carbocycles. The van der Waals surface area contributed by atoms with E-state index >= 15 is 0 Å². The van der Waals surface area contributed by atoms with E-state index in [-0.39, 0.29) is 56.2 Å². The number of aromatic hydroxyl groups is 2. The van der Waals surface area contributed by atoms with Crippen molar-refractivity contribution in [3.05, 3.63) is 119 Å². The van der Waals surface area contributed by atoms with Crippen LogP contribution in [0.1, 0.15) is 67.3 Å². The van der Waals surface area contributed by atoms with Crippen molar-refractivity contribution in [3.63, 3.8) is 0 Å². The fraction of sp³-hybridized carbons (Fsp3) is 0.358. The maximum atomic E-state index is 14.0. The number of ether oxygens (including phenoxy) is 4. The van der Waals surface area contributed by atoms with Crippen LogP contribution in [0.15, 0.2) is 102 Å². The number of aromatic nitrogens is 1. The lowest BCUT2D eigenvalue weighted by atomic mass is 9.85. The molecule has 6 aromatic rings. The summed E-state index contributed by atoms with van der Waals surface area (Å²) in [7, 11) is 0. The first-order valence-corrected chi connectivity index (χ1v) is 25.2. The number of rotatable bonds is 22. The number of hydrogen-bond acceptors (Lipinski definition) is 15. The average Bonchev–Trinajstić information content (AvgIpc) is 4.08. The first-order valence-electron chi connectivity index (χ1n) is 23.5. The normalized spacial score (nSPS) is 15.7. The summed E-state index contributed by atoms with van der Waals surface area (Å²) in [6.45, 7) is 10.5. The van der Waals surface area contributed by atoms with E-state index in [4.69, 9.17) is 18.9 Å². The van der Waals surface area contributed by atoms with Crippen molar-refractivity contribution >= 4 is 62.6 Å². The standard InChI is InChI=1S/C53H60N6O11S2/c1-32(35-8-10-36(11-9-35)47-33(2)54-31-71-47)56-50(64)43-26-40(62)29-59(43)52(66)49(53(3,4)5)57-45(63)30-69-23-22-67-20-21-68-24-25-70-41-17-6-34(7-18-41)28-55-58-51(65)46-42-19-16-39(61)27-44(42)72-48(46)37-12-14-38(60)15-13-37/h6-19,27-28,31-32,40,43,49,60-62H,20-26,29-30H2,1-5H3,(H,56,64)(H,57,63)(H,58,65). The Bertz CT molecular complexity index is 2830. The maximum absolute atomic E-state index is 14.0. The molecule has 2 aromatic heterocycles. The van der Waals surface area contributed by atoms with Crippen LogP contribution in [0, 0.1) is 12.3 Å². The van der Waals surface area contributed by atoms with E-state index in [2.05, 4.69) is 26.1 Å². The number of aliphatic hydroxyl groups excluding tert-OH is 1. The Hall–Kier alpha value is -6.74. The molecule has 380 valence electrons. The first kappa shape index (κ1) is 53.1. The minimum Gasteiger partial charge on any atom is -0.508 e. The van der Waals surface area contributed by atoms with Crippen LogP contribution in [-0.4, -0.2) is 126 Å². The number of aliphatic hydroxyl groups is 1. The van der Waals surface area contributed by atoms with Gasteiger partial charge in [-0.05, 0) is 108 Å². The quantitative estimate of drug-likeness (QED) is 0.0230. The van der Waals surface area contributed by atoms with Crippen molar-refractivity contribution < 1.29 is 53.4 Å². The number of β-amino-alcohol motifs (C(OH)–C–C–N with tert-alkyl or cyclic N) is 1. The number of nitrogens with zero attached hydrogens (tertiary/aromatic N) is 3. The molecule has 0 spiro atoms. The van der Waals surface area contributed by atoms with E-state index in [1.165, 1.54) is 28.5 Å². The second-order valence-corrected chi connectivity index (χ2v) is 20.2. The summed E-state index contributed by atoms with van der Waals surface area (Å²) in [6.07, 6.45) is 0.707. The molecule has 6 N–H and O–H groups in total. The van der Waals surface area contributed by atoms with Gasteiger partial charge in [0.05, 0.1) is 73.0 Å². The van der Waals surface area contributed by atoms with Crippen LogP contribution >= 0.6 is 22.7 Å². The van der Waals surface area contributed by atoms with Crippen molar-refractivity contribution in [3.8, 4) is 38.1 Å². The minimum absolute atomic E-state index is 0.0341. The topological polar surface area (TPSA) is 230 Å². The zero-order valence-electron chi connectivity index (χ0n) is 40.8. The number of aryl methyl sites for hydroxylation is 1. The number of phenolic OH excluding ortho intramolecular Hbond substituents is 2. The Labute approximate surface area is 425 Å². The van der Waals surface area contributed by atoms with Crippen LogP contribution in [0.4, 0.5) is 0 Å². The smallest absolute Gasteiger partial charge is 0.273 e. The number of fused-ring (bicyclic) bond motifs is 1. The molecule has 1 saturated heterocycles. The molecule has 3 heterocycles. The highest BCUT2D eigenvalue weighted by molar-refractivity contribution is 7.22. The highest BCUT2D eigenvalue weighted by atomic mass is 32.1. The van der Waals surface area contributed by atoms with Gasteiger partial charge in [0.1, 0.15) is 42.5 Å². The molecule has 7 rings (SSSR count). The molecule has 4 aromatic carbocycles. The molecule has 4 atom stereocenters. The molecule has 17 nitrogen and oxygen atoms in total. The predicted octanol–water partition coefficient (Wildman–Crippen LogP) is 6.97. The lowest BCUT2D eigenvalue weighted by Crippen LogP contribution is -2.58. The molecule has 1 fully saturated rings. The van der Waals surface area contributed by atoms with Gasteiger partial charge in [0.25, 0.3) is 5.91 Å². The summed E-state index contributed by atoms with van der Waals surface area (Å²) in [5.74, 6) is -0.940. The highest BCUT2D eigenvalue weighted by Gasteiger charge is 2.44. The van der Waals surface area contributed by atoms with Crippen LogP contribution in [0.3, 0.4) is 0 Å². The molecule has 1 aliphatic rings. The number of thiazole rings is 1. The zero-order chi connectivity index (χ0) is 51.4. The fourth-order valence-corrected chi connectivity index (χ4v) is 10.1. The summed E-state index contributed by atoms with van der Waals surface area (Å²) in [6, 6.07) is 24.2. The van der Waals surface area contributed by atoms with E-state index in [0.29, 0.717) is 48.0 Å². The number of benzene rings is 4. The molecule has 72 heavy (non-hydrogen) atoms. The van der Waals surface area contributed by atoms with Gasteiger partial charge in [-0.25, -0.2) is 10.4 Å². The summed E-state index contributed by atoms with van der Waals surface area (Å²) in [5, 5.41) is 41.0. The molecule has 4 amide bonds. The van der Waals surface area contributed by atoms with Gasteiger partial charge in [-0.2, -0.15) is 5.10 Å². The minimum atomic E-state index is -0.988. The number of thiophene rings is 1. The summed E-state index contributed by atoms with van der Waals surface area (Å²) < 4.78 is 23.2. The van der Waals surface area contributed by atoms with Gasteiger partial charge in [0, 0.05) is 27.9 Å². The second-order valence-electron chi connectivity index (χ2n) is 18.3. The number of amides is 4. The summed E-state index contributed by atoms with van der Waals surface area (Å²) in [5.41, 5.74) is 8.47. The van der Waals surface area contributed by atoms with Crippen LogP contribution < -0.4 is 20.8 Å². The molecule has 0 bridgehead atoms. The third kappa shape index (κ3) is 14.0. The van der Waals surface area contributed by atoms with Crippen molar-refractivity contribution in [2.75, 3.05) is 52.8 Å². The Balaban J connectivity index is 0.763. The summed E-state index contributed by atoms with van der Waals surface area (Å²) >= 11 is 2.92. The van der Waals surface area contributed by atoms with Gasteiger partial charge in [-0.15, -0.1) is 22.7 Å². The zero-order valence-corrected chi connectivity index (χ0v) is 42.4. The van der Waals surface area contributed by atoms with Gasteiger partial charge >= 0.3 is 0 Å². The third-order valence-corrected chi connectivity index (χ3v) is 14.0. The fourth-order valence-electron chi connectivity index (χ4n) is 8.04. The monoisotopic (exact) mass is 1020 g/mol. The van der Waals surface area contributed by atoms with Crippen LogP contribution in [0.25, 0.3) is 31.0 Å². The van der Waals surface area contributed by atoms with Gasteiger partial charge < -0.3 is 49.8 Å². The van der Waals surface area contributed by atoms with E-state index < -0.39 is 41.3 Å². The van der Waals surface area contributed by atoms with Crippen LogP contribution in [-0.2, 0) is 28.6 Å². The molecule has 0 aliphatic carbocycles. The molecule has 4 unspecified atom stereocenters. The largest absolute Gasteiger partial charge is 0.508 e. The Morgan fingerprint density at radius 1 is 0.833 bits per heavy atom. The Morgan fingerprint density at radius 3 is 2.14 bits per heavy atom. The maximum Gasteiger partial charge on any atom is 0.273 e. The van der Waals surface area contributed by atoms with Gasteiger partial charge in [-0.1, -0.05) is 45.0 Å². The number of carbonyl (C=O) groups is 4. The Morgan fingerprint density at radius 2 is 1.47 bits per heavy atom. The number of hydrogen-bond donors (Lipinski definition) is 6. The van der Waals surface area contributed by atoms with E-state index in [1.54, 1.807) is 72.0 Å². The number of hydrazone groups is 1. The van der Waals surface area contributed by atoms with E-state index in [9.17, 15) is 34.5 Å². The number of nitrogens with one attached hydrogen (secondary N) is 3. The molecule has 1 aliphatic heterocycles. The molecule has 19 heteroatoms. The van der Waals surface area contributed by atoms with E-state index in [1.807, 2.05) is 64.4 Å². The van der Waals surface area contributed by atoms with E-state index in [0.717, 1.165) is 37.5 Å². The average molecular weight is 1020 g/mol. The number of carbonyl (C=O) groups excluding carboxylic acids is 4. The van der Waals surface area contributed by atoms with Crippen molar-refractivity contribution in [1.29, 1.82) is 0 Å². The molecular formula is C53H60N6O11S2. The SMILES string of the molecule is Cc1ncsc1-c1ccc(C(C)NC(=O)C2CC(O)CN2C(=O)C(NC(=O)COCCOCCOCCOc2ccc(C=NNC(=O)c3c(-c4ccc(O)cc4)sc4cc(O)ccc34)cc2)C(C)(C)C)cc1.